The highest BCUT2D eigenvalue weighted by molar-refractivity contribution is 6.32. The summed E-state index contributed by atoms with van der Waals surface area (Å²) in [6, 6.07) is 5.93. The average molecular weight is 350 g/mol. The summed E-state index contributed by atoms with van der Waals surface area (Å²) in [5, 5.41) is 8.45. The fraction of sp³-hybridized carbons (Fsp3) is 0.500. The molecule has 0 saturated carbocycles. The van der Waals surface area contributed by atoms with E-state index in [0.29, 0.717) is 10.9 Å². The van der Waals surface area contributed by atoms with E-state index in [1.54, 1.807) is 7.11 Å². The van der Waals surface area contributed by atoms with Crippen LogP contribution in [0.2, 0.25) is 5.02 Å². The Morgan fingerprint density at radius 1 is 1.46 bits per heavy atom. The second-order valence-corrected chi connectivity index (χ2v) is 6.62. The van der Waals surface area contributed by atoms with Gasteiger partial charge in [0.2, 0.25) is 0 Å². The van der Waals surface area contributed by atoms with E-state index in [0.717, 1.165) is 38.3 Å². The fourth-order valence-corrected chi connectivity index (χ4v) is 3.37. The van der Waals surface area contributed by atoms with Gasteiger partial charge >= 0.3 is 0 Å². The zero-order valence-electron chi connectivity index (χ0n) is 14.2. The molecule has 0 aliphatic carbocycles. The van der Waals surface area contributed by atoms with Crippen LogP contribution in [0.5, 0.6) is 5.75 Å². The quantitative estimate of drug-likeness (QED) is 0.781. The molecule has 1 fully saturated rings. The smallest absolute Gasteiger partial charge is 0.137 e. The van der Waals surface area contributed by atoms with Gasteiger partial charge in [-0.1, -0.05) is 17.7 Å². The fourth-order valence-electron chi connectivity index (χ4n) is 3.18. The Morgan fingerprint density at radius 2 is 2.33 bits per heavy atom. The summed E-state index contributed by atoms with van der Waals surface area (Å²) in [4.78, 5) is 0. The highest BCUT2D eigenvalue weighted by Crippen LogP contribution is 2.33. The van der Waals surface area contributed by atoms with Gasteiger partial charge in [0, 0.05) is 37.9 Å². The zero-order valence-corrected chi connectivity index (χ0v) is 14.9. The molecule has 2 heterocycles. The SMILES string of the molecule is COc1cc(CCNC[C@H]2CCO[C@@H]2c2cnn(C)c2)ccc1Cl. The third-order valence-electron chi connectivity index (χ3n) is 4.48. The van der Waals surface area contributed by atoms with Crippen LogP contribution in [0, 0.1) is 5.92 Å². The minimum atomic E-state index is 0.154. The van der Waals surface area contributed by atoms with Crippen molar-refractivity contribution in [3.63, 3.8) is 0 Å². The maximum Gasteiger partial charge on any atom is 0.137 e. The summed E-state index contributed by atoms with van der Waals surface area (Å²) < 4.78 is 13.0. The highest BCUT2D eigenvalue weighted by atomic mass is 35.5. The van der Waals surface area contributed by atoms with E-state index in [4.69, 9.17) is 21.1 Å². The molecule has 1 aromatic carbocycles. The second-order valence-electron chi connectivity index (χ2n) is 6.21. The van der Waals surface area contributed by atoms with Crippen molar-refractivity contribution in [1.29, 1.82) is 0 Å². The average Bonchev–Trinajstić information content (AvgIpc) is 3.21. The van der Waals surface area contributed by atoms with Gasteiger partial charge in [-0.2, -0.15) is 5.10 Å². The molecule has 0 spiro atoms. The van der Waals surface area contributed by atoms with Crippen molar-refractivity contribution < 1.29 is 9.47 Å². The molecule has 1 saturated heterocycles. The van der Waals surface area contributed by atoms with Crippen LogP contribution in [0.3, 0.4) is 0 Å². The largest absolute Gasteiger partial charge is 0.495 e. The number of ether oxygens (including phenoxy) is 2. The first-order valence-corrected chi connectivity index (χ1v) is 8.68. The number of hydrogen-bond acceptors (Lipinski definition) is 4. The lowest BCUT2D eigenvalue weighted by atomic mass is 9.97. The molecule has 3 rings (SSSR count). The van der Waals surface area contributed by atoms with Crippen LogP contribution < -0.4 is 10.1 Å². The van der Waals surface area contributed by atoms with Gasteiger partial charge in [-0.25, -0.2) is 0 Å². The Balaban J connectivity index is 1.47. The monoisotopic (exact) mass is 349 g/mol. The standard InChI is InChI=1S/C18H24ClN3O2/c1-22-12-15(11-21-22)18-14(6-8-24-18)10-20-7-5-13-3-4-16(19)17(9-13)23-2/h3-4,9,11-12,14,18,20H,5-8,10H2,1-2H3/t14-,18+/m1/s1. The van der Waals surface area contributed by atoms with Gasteiger partial charge in [0.15, 0.2) is 0 Å². The van der Waals surface area contributed by atoms with Gasteiger partial charge in [-0.3, -0.25) is 4.68 Å². The molecular formula is C18H24ClN3O2. The minimum Gasteiger partial charge on any atom is -0.495 e. The number of nitrogens with zero attached hydrogens (tertiary/aromatic N) is 2. The number of rotatable bonds is 7. The zero-order chi connectivity index (χ0) is 16.9. The van der Waals surface area contributed by atoms with Crippen LogP contribution in [0.15, 0.2) is 30.6 Å². The van der Waals surface area contributed by atoms with Crippen molar-refractivity contribution in [3.8, 4) is 5.75 Å². The predicted octanol–water partition coefficient (Wildman–Crippen LogP) is 2.99. The molecule has 1 aliphatic heterocycles. The summed E-state index contributed by atoms with van der Waals surface area (Å²) in [5.74, 6) is 1.23. The Kier molecular flexibility index (Phi) is 5.76. The molecule has 1 aliphatic rings. The molecule has 0 radical (unpaired) electrons. The summed E-state index contributed by atoms with van der Waals surface area (Å²) in [7, 11) is 3.58. The van der Waals surface area contributed by atoms with E-state index in [1.807, 2.05) is 42.3 Å². The molecule has 5 nitrogen and oxygen atoms in total. The molecule has 0 bridgehead atoms. The van der Waals surface area contributed by atoms with Gasteiger partial charge in [-0.15, -0.1) is 0 Å². The maximum atomic E-state index is 6.06. The number of hydrogen-bond donors (Lipinski definition) is 1. The number of halogens is 1. The molecule has 2 atom stereocenters. The molecule has 1 aromatic heterocycles. The lowest BCUT2D eigenvalue weighted by Crippen LogP contribution is -2.26. The van der Waals surface area contributed by atoms with Crippen molar-refractivity contribution >= 4 is 11.6 Å². The molecule has 2 aromatic rings. The molecule has 1 N–H and O–H groups in total. The summed E-state index contributed by atoms with van der Waals surface area (Å²) >= 11 is 6.06. The molecular weight excluding hydrogens is 326 g/mol. The minimum absolute atomic E-state index is 0.154. The van der Waals surface area contributed by atoms with E-state index < -0.39 is 0 Å². The first-order chi connectivity index (χ1) is 11.7. The highest BCUT2D eigenvalue weighted by Gasteiger charge is 2.30. The lowest BCUT2D eigenvalue weighted by molar-refractivity contribution is 0.0905. The Bertz CT molecular complexity index is 674. The van der Waals surface area contributed by atoms with Gasteiger partial charge in [0.1, 0.15) is 5.75 Å². The summed E-state index contributed by atoms with van der Waals surface area (Å²) in [6.07, 6.45) is 6.13. The molecule has 24 heavy (non-hydrogen) atoms. The number of nitrogens with one attached hydrogen (secondary N) is 1. The molecule has 0 amide bonds. The second kappa shape index (κ2) is 8.01. The van der Waals surface area contributed by atoms with Crippen molar-refractivity contribution in [2.24, 2.45) is 13.0 Å². The number of benzene rings is 1. The van der Waals surface area contributed by atoms with E-state index in [-0.39, 0.29) is 6.10 Å². The first-order valence-electron chi connectivity index (χ1n) is 8.30. The van der Waals surface area contributed by atoms with Crippen LogP contribution in [-0.2, 0) is 18.2 Å². The predicted molar refractivity (Wildman–Crippen MR) is 94.6 cm³/mol. The van der Waals surface area contributed by atoms with Crippen molar-refractivity contribution in [3.05, 3.63) is 46.7 Å². The van der Waals surface area contributed by atoms with Gasteiger partial charge in [0.25, 0.3) is 0 Å². The number of aryl methyl sites for hydroxylation is 1. The van der Waals surface area contributed by atoms with Crippen LogP contribution >= 0.6 is 11.6 Å². The molecule has 130 valence electrons. The van der Waals surface area contributed by atoms with Crippen LogP contribution in [-0.4, -0.2) is 36.6 Å². The van der Waals surface area contributed by atoms with E-state index in [1.165, 1.54) is 11.1 Å². The van der Waals surface area contributed by atoms with Crippen LogP contribution in [0.4, 0.5) is 0 Å². The van der Waals surface area contributed by atoms with Crippen molar-refractivity contribution in [2.75, 3.05) is 26.8 Å². The van der Waals surface area contributed by atoms with Gasteiger partial charge < -0.3 is 14.8 Å². The Labute approximate surface area is 147 Å². The summed E-state index contributed by atoms with van der Waals surface area (Å²) in [5.41, 5.74) is 2.39. The van der Waals surface area contributed by atoms with Crippen LogP contribution in [0.1, 0.15) is 23.7 Å². The third kappa shape index (κ3) is 4.09. The number of aromatic nitrogens is 2. The molecule has 6 heteroatoms. The summed E-state index contributed by atoms with van der Waals surface area (Å²) in [6.45, 7) is 2.69. The lowest BCUT2D eigenvalue weighted by Gasteiger charge is -2.18. The first kappa shape index (κ1) is 17.3. The van der Waals surface area contributed by atoms with Crippen molar-refractivity contribution in [1.82, 2.24) is 15.1 Å². The van der Waals surface area contributed by atoms with Crippen LogP contribution in [0.25, 0.3) is 0 Å². The topological polar surface area (TPSA) is 48.3 Å². The number of methoxy groups -OCH3 is 1. The normalized spacial score (nSPS) is 20.5. The maximum absolute atomic E-state index is 6.06. The van der Waals surface area contributed by atoms with Gasteiger partial charge in [-0.05, 0) is 37.1 Å². The van der Waals surface area contributed by atoms with Gasteiger partial charge in [0.05, 0.1) is 24.4 Å². The van der Waals surface area contributed by atoms with E-state index in [9.17, 15) is 0 Å². The van der Waals surface area contributed by atoms with Crippen molar-refractivity contribution in [2.45, 2.75) is 18.9 Å². The van der Waals surface area contributed by atoms with E-state index in [2.05, 4.69) is 10.4 Å². The third-order valence-corrected chi connectivity index (χ3v) is 4.79. The molecule has 0 unspecified atom stereocenters. The Morgan fingerprint density at radius 3 is 3.08 bits per heavy atom. The van der Waals surface area contributed by atoms with E-state index >= 15 is 0 Å². The Hall–Kier alpha value is -1.56.